The first kappa shape index (κ1) is 20.9. The number of anilines is 1. The molecule has 0 aliphatic carbocycles. The Balaban J connectivity index is 1.50. The third kappa shape index (κ3) is 4.00. The van der Waals surface area contributed by atoms with Crippen LogP contribution >= 0.6 is 0 Å². The van der Waals surface area contributed by atoms with Crippen molar-refractivity contribution in [1.82, 2.24) is 14.5 Å². The summed E-state index contributed by atoms with van der Waals surface area (Å²) in [6.45, 7) is 4.47. The molecule has 0 spiro atoms. The van der Waals surface area contributed by atoms with Gasteiger partial charge in [0.2, 0.25) is 11.8 Å². The van der Waals surface area contributed by atoms with Gasteiger partial charge >= 0.3 is 0 Å². The minimum absolute atomic E-state index is 0.0398. The van der Waals surface area contributed by atoms with Gasteiger partial charge in [0.1, 0.15) is 11.9 Å². The van der Waals surface area contributed by atoms with E-state index >= 15 is 0 Å². The molecule has 2 heterocycles. The first-order valence-electron chi connectivity index (χ1n) is 11.2. The molecule has 1 aliphatic rings. The molecule has 1 aromatic heterocycles. The zero-order valence-electron chi connectivity index (χ0n) is 18.7. The van der Waals surface area contributed by atoms with Crippen LogP contribution in [0.25, 0.3) is 11.0 Å². The van der Waals surface area contributed by atoms with Gasteiger partial charge in [-0.25, -0.2) is 4.98 Å². The fraction of sp³-hybridized carbons (Fsp3) is 0.222. The molecule has 3 aromatic carbocycles. The van der Waals surface area contributed by atoms with Gasteiger partial charge in [-0.15, -0.1) is 0 Å². The number of amides is 2. The standard InChI is InChI=1S/C27H26N4O2/c1-18-12-14-21(15-13-18)28-25(32)16-24-27(33)30(17-20-8-4-3-5-9-20)19(2)26-29-22-10-6-7-11-23(22)31(24)26/h3-15,19,24H,16-17H2,1-2H3,(H,28,32)/t19-,24-/m0/s1. The van der Waals surface area contributed by atoms with Crippen LogP contribution in [0.3, 0.4) is 0 Å². The molecule has 6 heteroatoms. The summed E-state index contributed by atoms with van der Waals surface area (Å²) in [5.74, 6) is 0.538. The lowest BCUT2D eigenvalue weighted by Crippen LogP contribution is -2.45. The summed E-state index contributed by atoms with van der Waals surface area (Å²) < 4.78 is 1.96. The van der Waals surface area contributed by atoms with Gasteiger partial charge in [-0.3, -0.25) is 9.59 Å². The Morgan fingerprint density at radius 1 is 0.970 bits per heavy atom. The molecule has 0 bridgehead atoms. The predicted molar refractivity (Wildman–Crippen MR) is 129 cm³/mol. The highest BCUT2D eigenvalue weighted by molar-refractivity contribution is 5.96. The van der Waals surface area contributed by atoms with Gasteiger partial charge < -0.3 is 14.8 Å². The quantitative estimate of drug-likeness (QED) is 0.476. The van der Waals surface area contributed by atoms with E-state index in [1.807, 2.05) is 102 Å². The van der Waals surface area contributed by atoms with Crippen molar-refractivity contribution in [3.8, 4) is 0 Å². The average Bonchev–Trinajstić information content (AvgIpc) is 3.21. The molecular formula is C27H26N4O2. The second-order valence-corrected chi connectivity index (χ2v) is 8.59. The molecule has 2 atom stereocenters. The van der Waals surface area contributed by atoms with E-state index in [1.165, 1.54) is 0 Å². The molecule has 5 rings (SSSR count). The first-order chi connectivity index (χ1) is 16.0. The monoisotopic (exact) mass is 438 g/mol. The van der Waals surface area contributed by atoms with Crippen LogP contribution in [0.1, 0.15) is 42.4 Å². The summed E-state index contributed by atoms with van der Waals surface area (Å²) >= 11 is 0. The topological polar surface area (TPSA) is 67.2 Å². The van der Waals surface area contributed by atoms with Crippen molar-refractivity contribution in [3.63, 3.8) is 0 Å². The number of rotatable bonds is 5. The number of aryl methyl sites for hydroxylation is 1. The van der Waals surface area contributed by atoms with Crippen molar-refractivity contribution < 1.29 is 9.59 Å². The van der Waals surface area contributed by atoms with Crippen LogP contribution in [0.5, 0.6) is 0 Å². The number of hydrogen-bond donors (Lipinski definition) is 1. The molecule has 1 N–H and O–H groups in total. The predicted octanol–water partition coefficient (Wildman–Crippen LogP) is 5.02. The maximum atomic E-state index is 13.8. The fourth-order valence-corrected chi connectivity index (χ4v) is 4.52. The molecule has 0 fully saturated rings. The number of imidazole rings is 1. The normalized spacial score (nSPS) is 17.8. The molecule has 1 aliphatic heterocycles. The van der Waals surface area contributed by atoms with Gasteiger partial charge in [0.05, 0.1) is 23.5 Å². The van der Waals surface area contributed by atoms with E-state index in [2.05, 4.69) is 5.32 Å². The Morgan fingerprint density at radius 3 is 2.42 bits per heavy atom. The first-order valence-corrected chi connectivity index (χ1v) is 11.2. The summed E-state index contributed by atoms with van der Waals surface area (Å²) in [4.78, 5) is 33.5. The summed E-state index contributed by atoms with van der Waals surface area (Å²) in [5, 5.41) is 2.94. The molecule has 6 nitrogen and oxygen atoms in total. The molecule has 4 aromatic rings. The van der Waals surface area contributed by atoms with E-state index in [0.717, 1.165) is 33.7 Å². The van der Waals surface area contributed by atoms with Crippen LogP contribution in [-0.4, -0.2) is 26.3 Å². The third-order valence-electron chi connectivity index (χ3n) is 6.25. The van der Waals surface area contributed by atoms with Gasteiger partial charge in [0.25, 0.3) is 0 Å². The number of benzene rings is 3. The maximum absolute atomic E-state index is 13.8. The van der Waals surface area contributed by atoms with Crippen LogP contribution in [0.4, 0.5) is 5.69 Å². The van der Waals surface area contributed by atoms with Crippen LogP contribution < -0.4 is 5.32 Å². The fourth-order valence-electron chi connectivity index (χ4n) is 4.52. The second kappa shape index (κ2) is 8.54. The molecular weight excluding hydrogens is 412 g/mol. The van der Waals surface area contributed by atoms with E-state index in [4.69, 9.17) is 4.98 Å². The van der Waals surface area contributed by atoms with Crippen LogP contribution in [-0.2, 0) is 16.1 Å². The Morgan fingerprint density at radius 2 is 1.67 bits per heavy atom. The number of para-hydroxylation sites is 2. The van der Waals surface area contributed by atoms with E-state index < -0.39 is 6.04 Å². The van der Waals surface area contributed by atoms with Crippen molar-refractivity contribution in [2.45, 2.75) is 38.9 Å². The van der Waals surface area contributed by atoms with E-state index in [-0.39, 0.29) is 24.3 Å². The van der Waals surface area contributed by atoms with Gasteiger partial charge in [-0.2, -0.15) is 0 Å². The highest BCUT2D eigenvalue weighted by Gasteiger charge is 2.40. The molecule has 0 saturated carbocycles. The Hall–Kier alpha value is -3.93. The van der Waals surface area contributed by atoms with E-state index in [1.54, 1.807) is 0 Å². The van der Waals surface area contributed by atoms with Crippen molar-refractivity contribution in [2.75, 3.05) is 5.32 Å². The highest BCUT2D eigenvalue weighted by Crippen LogP contribution is 2.37. The second-order valence-electron chi connectivity index (χ2n) is 8.59. The van der Waals surface area contributed by atoms with Crippen LogP contribution in [0.15, 0.2) is 78.9 Å². The lowest BCUT2D eigenvalue weighted by atomic mass is 10.0. The van der Waals surface area contributed by atoms with Crippen LogP contribution in [0, 0.1) is 6.92 Å². The largest absolute Gasteiger partial charge is 0.327 e. The van der Waals surface area contributed by atoms with Gasteiger partial charge in [-0.05, 0) is 43.7 Å². The Bertz CT molecular complexity index is 1310. The zero-order valence-corrected chi connectivity index (χ0v) is 18.7. The lowest BCUT2D eigenvalue weighted by molar-refractivity contribution is -0.142. The highest BCUT2D eigenvalue weighted by atomic mass is 16.2. The molecule has 33 heavy (non-hydrogen) atoms. The summed E-state index contributed by atoms with van der Waals surface area (Å²) in [5.41, 5.74) is 4.59. The average molecular weight is 439 g/mol. The van der Waals surface area contributed by atoms with Crippen molar-refractivity contribution in [2.24, 2.45) is 0 Å². The number of nitrogens with one attached hydrogen (secondary N) is 1. The summed E-state index contributed by atoms with van der Waals surface area (Å²) in [6, 6.07) is 24.5. The van der Waals surface area contributed by atoms with Crippen molar-refractivity contribution in [3.05, 3.63) is 95.8 Å². The minimum atomic E-state index is -0.655. The number of fused-ring (bicyclic) bond motifs is 3. The van der Waals surface area contributed by atoms with Crippen molar-refractivity contribution >= 4 is 28.5 Å². The Kier molecular flexibility index (Phi) is 5.42. The van der Waals surface area contributed by atoms with Gasteiger partial charge in [-0.1, -0.05) is 60.2 Å². The molecule has 166 valence electrons. The molecule has 2 amide bonds. The third-order valence-corrected chi connectivity index (χ3v) is 6.25. The zero-order chi connectivity index (χ0) is 22.9. The number of carbonyl (C=O) groups is 2. The number of carbonyl (C=O) groups excluding carboxylic acids is 2. The smallest absolute Gasteiger partial charge is 0.247 e. The molecule has 0 unspecified atom stereocenters. The van der Waals surface area contributed by atoms with E-state index in [0.29, 0.717) is 6.54 Å². The number of nitrogens with zero attached hydrogens (tertiary/aromatic N) is 3. The summed E-state index contributed by atoms with van der Waals surface area (Å²) in [6.07, 6.45) is 0.0398. The van der Waals surface area contributed by atoms with Crippen molar-refractivity contribution in [1.29, 1.82) is 0 Å². The Labute approximate surface area is 192 Å². The number of aromatic nitrogens is 2. The van der Waals surface area contributed by atoms with E-state index in [9.17, 15) is 9.59 Å². The molecule has 0 radical (unpaired) electrons. The van der Waals surface area contributed by atoms with Gasteiger partial charge in [0.15, 0.2) is 0 Å². The maximum Gasteiger partial charge on any atom is 0.247 e. The lowest BCUT2D eigenvalue weighted by Gasteiger charge is -2.38. The minimum Gasteiger partial charge on any atom is -0.327 e. The number of hydrogen-bond acceptors (Lipinski definition) is 3. The SMILES string of the molecule is Cc1ccc(NC(=O)C[C@H]2C(=O)N(Cc3ccccc3)[C@@H](C)c3nc4ccccc4n32)cc1. The molecule has 0 saturated heterocycles. The van der Waals surface area contributed by atoms with Gasteiger partial charge in [0, 0.05) is 12.2 Å². The van der Waals surface area contributed by atoms with Crippen LogP contribution in [0.2, 0.25) is 0 Å². The summed E-state index contributed by atoms with van der Waals surface area (Å²) in [7, 11) is 0.